The van der Waals surface area contributed by atoms with Crippen molar-refractivity contribution in [1.29, 1.82) is 0 Å². The molecule has 3 aromatic rings. The van der Waals surface area contributed by atoms with Crippen LogP contribution in [0.4, 0.5) is 18.3 Å². The maximum absolute atomic E-state index is 13.9. The predicted molar refractivity (Wildman–Crippen MR) is 143 cm³/mol. The molecule has 1 amide bonds. The van der Waals surface area contributed by atoms with Gasteiger partial charge in [-0.15, -0.1) is 11.3 Å². The molecule has 1 heterocycles. The van der Waals surface area contributed by atoms with Gasteiger partial charge >= 0.3 is 6.18 Å². The summed E-state index contributed by atoms with van der Waals surface area (Å²) in [5.41, 5.74) is -0.238. The first-order valence-corrected chi connectivity index (χ1v) is 14.1. The van der Waals surface area contributed by atoms with Crippen LogP contribution in [0.5, 0.6) is 5.75 Å². The Morgan fingerprint density at radius 1 is 1.05 bits per heavy atom. The molecule has 0 saturated heterocycles. The van der Waals surface area contributed by atoms with E-state index in [1.165, 1.54) is 4.31 Å². The lowest BCUT2D eigenvalue weighted by Crippen LogP contribution is -2.32. The predicted octanol–water partition coefficient (Wildman–Crippen LogP) is 6.21. The van der Waals surface area contributed by atoms with Gasteiger partial charge in [0.15, 0.2) is 5.13 Å². The number of thiazole rings is 1. The van der Waals surface area contributed by atoms with Crippen molar-refractivity contribution in [3.8, 4) is 17.0 Å². The molecular formula is C26H28F3N3O4S2. The SMILES string of the molecule is CCCN(CCC)S(=O)(=O)c1ccc(/C(=C\C(=O)Nc2nc(-c3ccc(OC)cc3)cs2)C(F)(F)F)cc1. The molecule has 1 aromatic heterocycles. The van der Waals surface area contributed by atoms with Gasteiger partial charge in [0.05, 0.1) is 23.3 Å². The van der Waals surface area contributed by atoms with Crippen LogP contribution in [0.15, 0.2) is 64.9 Å². The summed E-state index contributed by atoms with van der Waals surface area (Å²) in [5.74, 6) is -0.353. The summed E-state index contributed by atoms with van der Waals surface area (Å²) in [6.07, 6.45) is -3.20. The number of sulfonamides is 1. The van der Waals surface area contributed by atoms with Gasteiger partial charge in [0.25, 0.3) is 5.91 Å². The molecule has 0 aliphatic heterocycles. The third kappa shape index (κ3) is 7.21. The minimum atomic E-state index is -4.86. The molecule has 204 valence electrons. The number of carbonyl (C=O) groups is 1. The zero-order chi connectivity index (χ0) is 27.9. The smallest absolute Gasteiger partial charge is 0.417 e. The molecule has 12 heteroatoms. The number of hydrogen-bond acceptors (Lipinski definition) is 6. The van der Waals surface area contributed by atoms with Crippen LogP contribution < -0.4 is 10.1 Å². The lowest BCUT2D eigenvalue weighted by Gasteiger charge is -2.21. The second-order valence-corrected chi connectivity index (χ2v) is 11.0. The van der Waals surface area contributed by atoms with E-state index in [1.807, 2.05) is 13.8 Å². The Kier molecular flexibility index (Phi) is 9.69. The first kappa shape index (κ1) is 29.3. The lowest BCUT2D eigenvalue weighted by atomic mass is 10.1. The number of allylic oxidation sites excluding steroid dienone is 1. The second-order valence-electron chi connectivity index (χ2n) is 8.24. The fourth-order valence-corrected chi connectivity index (χ4v) is 5.98. The maximum atomic E-state index is 13.9. The molecule has 3 rings (SSSR count). The molecule has 0 aliphatic rings. The Labute approximate surface area is 224 Å². The molecule has 38 heavy (non-hydrogen) atoms. The molecule has 0 saturated carbocycles. The molecule has 0 atom stereocenters. The molecule has 2 aromatic carbocycles. The van der Waals surface area contributed by atoms with E-state index in [-0.39, 0.29) is 15.6 Å². The topological polar surface area (TPSA) is 88.6 Å². The molecule has 0 spiro atoms. The highest BCUT2D eigenvalue weighted by atomic mass is 32.2. The Morgan fingerprint density at radius 3 is 2.18 bits per heavy atom. The van der Waals surface area contributed by atoms with Gasteiger partial charge in [0.2, 0.25) is 10.0 Å². The number of ether oxygens (including phenoxy) is 1. The van der Waals surface area contributed by atoms with Crippen molar-refractivity contribution in [2.45, 2.75) is 37.8 Å². The third-order valence-electron chi connectivity index (χ3n) is 5.45. The first-order chi connectivity index (χ1) is 18.0. The van der Waals surface area contributed by atoms with Crippen molar-refractivity contribution < 1.29 is 31.1 Å². The van der Waals surface area contributed by atoms with Crippen LogP contribution >= 0.6 is 11.3 Å². The van der Waals surface area contributed by atoms with Crippen LogP contribution in [-0.2, 0) is 14.8 Å². The van der Waals surface area contributed by atoms with Gasteiger partial charge < -0.3 is 4.74 Å². The number of aromatic nitrogens is 1. The fraction of sp³-hybridized carbons (Fsp3) is 0.308. The van der Waals surface area contributed by atoms with Crippen molar-refractivity contribution in [3.63, 3.8) is 0 Å². The molecule has 7 nitrogen and oxygen atoms in total. The molecule has 0 aliphatic carbocycles. The van der Waals surface area contributed by atoms with Gasteiger partial charge in [0.1, 0.15) is 5.75 Å². The molecular weight excluding hydrogens is 539 g/mol. The van der Waals surface area contributed by atoms with E-state index >= 15 is 0 Å². The number of amides is 1. The van der Waals surface area contributed by atoms with E-state index in [0.717, 1.165) is 41.2 Å². The van der Waals surface area contributed by atoms with Gasteiger partial charge in [-0.3, -0.25) is 10.1 Å². The minimum absolute atomic E-state index is 0.108. The Morgan fingerprint density at radius 2 is 1.66 bits per heavy atom. The van der Waals surface area contributed by atoms with Crippen molar-refractivity contribution in [2.75, 3.05) is 25.5 Å². The van der Waals surface area contributed by atoms with Crippen LogP contribution in [0, 0.1) is 0 Å². The van der Waals surface area contributed by atoms with Crippen LogP contribution in [0.3, 0.4) is 0 Å². The summed E-state index contributed by atoms with van der Waals surface area (Å²) >= 11 is 1.07. The number of rotatable bonds is 11. The van der Waals surface area contributed by atoms with E-state index < -0.39 is 27.7 Å². The average Bonchev–Trinajstić information content (AvgIpc) is 3.35. The van der Waals surface area contributed by atoms with Gasteiger partial charge in [-0.2, -0.15) is 17.5 Å². The number of benzene rings is 2. The first-order valence-electron chi connectivity index (χ1n) is 11.8. The zero-order valence-corrected chi connectivity index (χ0v) is 22.7. The van der Waals surface area contributed by atoms with Crippen molar-refractivity contribution in [3.05, 3.63) is 65.6 Å². The van der Waals surface area contributed by atoms with Crippen LogP contribution in [-0.4, -0.2) is 50.0 Å². The normalized spacial score (nSPS) is 12.6. The van der Waals surface area contributed by atoms with Gasteiger partial charge in [-0.1, -0.05) is 26.0 Å². The average molecular weight is 568 g/mol. The van der Waals surface area contributed by atoms with E-state index in [9.17, 15) is 26.4 Å². The van der Waals surface area contributed by atoms with Crippen molar-refractivity contribution in [1.82, 2.24) is 9.29 Å². The highest BCUT2D eigenvalue weighted by molar-refractivity contribution is 7.89. The Hall–Kier alpha value is -3.22. The van der Waals surface area contributed by atoms with Crippen LogP contribution in [0.25, 0.3) is 16.8 Å². The summed E-state index contributed by atoms with van der Waals surface area (Å²) in [6.45, 7) is 4.31. The Bertz CT molecular complexity index is 1360. The monoisotopic (exact) mass is 567 g/mol. The number of methoxy groups -OCH3 is 1. The number of hydrogen-bond donors (Lipinski definition) is 1. The fourth-order valence-electron chi connectivity index (χ4n) is 3.63. The van der Waals surface area contributed by atoms with Crippen molar-refractivity contribution in [2.24, 2.45) is 0 Å². The molecule has 1 N–H and O–H groups in total. The molecule has 0 unspecified atom stereocenters. The molecule has 0 fully saturated rings. The summed E-state index contributed by atoms with van der Waals surface area (Å²) < 4.78 is 73.8. The second kappa shape index (κ2) is 12.5. The van der Waals surface area contributed by atoms with E-state index in [0.29, 0.717) is 43.5 Å². The summed E-state index contributed by atoms with van der Waals surface area (Å²) in [6, 6.07) is 11.4. The zero-order valence-electron chi connectivity index (χ0n) is 21.1. The quantitative estimate of drug-likeness (QED) is 0.278. The summed E-state index contributed by atoms with van der Waals surface area (Å²) in [5, 5.41) is 4.17. The highest BCUT2D eigenvalue weighted by Gasteiger charge is 2.36. The van der Waals surface area contributed by atoms with Gasteiger partial charge in [-0.25, -0.2) is 13.4 Å². The number of nitrogens with zero attached hydrogens (tertiary/aromatic N) is 2. The lowest BCUT2D eigenvalue weighted by molar-refractivity contribution is -0.112. The van der Waals surface area contributed by atoms with Gasteiger partial charge in [0, 0.05) is 30.1 Å². The van der Waals surface area contributed by atoms with Crippen LogP contribution in [0.2, 0.25) is 0 Å². The number of halogens is 3. The third-order valence-corrected chi connectivity index (χ3v) is 8.12. The van der Waals surface area contributed by atoms with E-state index in [2.05, 4.69) is 10.3 Å². The number of nitrogens with one attached hydrogen (secondary N) is 1. The largest absolute Gasteiger partial charge is 0.497 e. The molecule has 0 radical (unpaired) electrons. The summed E-state index contributed by atoms with van der Waals surface area (Å²) in [7, 11) is -2.31. The minimum Gasteiger partial charge on any atom is -0.497 e. The summed E-state index contributed by atoms with van der Waals surface area (Å²) in [4.78, 5) is 16.7. The van der Waals surface area contributed by atoms with E-state index in [4.69, 9.17) is 4.74 Å². The number of alkyl halides is 3. The van der Waals surface area contributed by atoms with Crippen molar-refractivity contribution >= 4 is 38.0 Å². The highest BCUT2D eigenvalue weighted by Crippen LogP contribution is 2.35. The van der Waals surface area contributed by atoms with Gasteiger partial charge in [-0.05, 0) is 54.8 Å². The number of carbonyl (C=O) groups excluding carboxylic acids is 1. The number of anilines is 1. The standard InChI is InChI=1S/C26H28F3N3O4S2/c1-4-14-32(15-5-2)38(34,35)21-12-8-18(9-13-21)22(26(27,28)29)16-24(33)31-25-30-23(17-37-25)19-6-10-20(36-3)11-7-19/h6-13,16-17H,4-5,14-15H2,1-3H3,(H,30,31,33)/b22-16+. The molecule has 0 bridgehead atoms. The maximum Gasteiger partial charge on any atom is 0.417 e. The van der Waals surface area contributed by atoms with E-state index in [1.54, 1.807) is 36.8 Å². The van der Waals surface area contributed by atoms with Crippen LogP contribution in [0.1, 0.15) is 32.3 Å². The Balaban J connectivity index is 1.82.